The average molecular weight is 521 g/mol. The lowest BCUT2D eigenvalue weighted by Crippen LogP contribution is -2.49. The van der Waals surface area contributed by atoms with Crippen molar-refractivity contribution in [2.75, 3.05) is 25.9 Å². The number of rotatable bonds is 8. The molecule has 182 valence electrons. The molecule has 2 aromatic rings. The number of hydrogen-bond donors (Lipinski definition) is 1. The van der Waals surface area contributed by atoms with Crippen molar-refractivity contribution < 1.29 is 13.4 Å². The number of benzene rings is 2. The fraction of sp³-hybridized carbons (Fsp3) is 0.423. The van der Waals surface area contributed by atoms with Crippen molar-refractivity contribution in [3.8, 4) is 11.1 Å². The lowest BCUT2D eigenvalue weighted by Gasteiger charge is -2.35. The van der Waals surface area contributed by atoms with Crippen LogP contribution >= 0.6 is 23.5 Å². The molecule has 1 N–H and O–H groups in total. The van der Waals surface area contributed by atoms with E-state index in [2.05, 4.69) is 27.8 Å². The van der Waals surface area contributed by atoms with Crippen LogP contribution in [0.3, 0.4) is 0 Å². The molecule has 2 aromatic carbocycles. The Labute approximate surface area is 212 Å². The summed E-state index contributed by atoms with van der Waals surface area (Å²) in [5.41, 5.74) is 1.58. The van der Waals surface area contributed by atoms with Crippen LogP contribution < -0.4 is 5.32 Å². The highest BCUT2D eigenvalue weighted by Crippen LogP contribution is 2.43. The Morgan fingerprint density at radius 1 is 1.24 bits per heavy atom. The molecule has 0 spiro atoms. The van der Waals surface area contributed by atoms with E-state index < -0.39 is 22.4 Å². The van der Waals surface area contributed by atoms with Gasteiger partial charge < -0.3 is 5.32 Å². The molecule has 1 heterocycles. The maximum Gasteiger partial charge on any atom is 0.258 e. The fourth-order valence-corrected chi connectivity index (χ4v) is 5.95. The Morgan fingerprint density at radius 2 is 1.97 bits per heavy atom. The third-order valence-electron chi connectivity index (χ3n) is 6.56. The van der Waals surface area contributed by atoms with Gasteiger partial charge in [0.2, 0.25) is 0 Å². The number of nitrogens with zero attached hydrogens (tertiary/aromatic N) is 1. The molecule has 2 aliphatic rings. The van der Waals surface area contributed by atoms with Crippen LogP contribution in [0.1, 0.15) is 43.6 Å². The molecule has 1 unspecified atom stereocenters. The van der Waals surface area contributed by atoms with E-state index in [-0.39, 0.29) is 19.4 Å². The fourth-order valence-electron chi connectivity index (χ4n) is 4.30. The molecule has 0 radical (unpaired) electrons. The van der Waals surface area contributed by atoms with E-state index in [0.717, 1.165) is 16.0 Å². The molecular weight excluding hydrogens is 491 g/mol. The van der Waals surface area contributed by atoms with Crippen molar-refractivity contribution in [2.45, 2.75) is 48.6 Å². The highest BCUT2D eigenvalue weighted by atomic mass is 35.5. The van der Waals surface area contributed by atoms with Gasteiger partial charge in [0.25, 0.3) is 5.91 Å². The van der Waals surface area contributed by atoms with Gasteiger partial charge in [-0.15, -0.1) is 0 Å². The summed E-state index contributed by atoms with van der Waals surface area (Å²) in [6.45, 7) is 1.11. The standard InChI is InChI=1S/C26H30ClFN2O2S2/c1-34(32)17-5-14-29-25(31)26(28)12-15-30(16-13-26)33-24-11-10-20(19-6-4-7-19)18-22(24)21-8-2-3-9-23(21)27/h2-3,5,8-11,17-19H,4,6-7,12-16H2,1H3,(H,29,31)/b17-5-. The minimum absolute atomic E-state index is 0.136. The number of carbonyl (C=O) groups excluding carboxylic acids is 1. The van der Waals surface area contributed by atoms with Crippen LogP contribution in [-0.2, 0) is 15.6 Å². The molecule has 34 heavy (non-hydrogen) atoms. The molecule has 0 aromatic heterocycles. The van der Waals surface area contributed by atoms with Crippen LogP contribution in [0.4, 0.5) is 4.39 Å². The number of hydrogen-bond acceptors (Lipinski definition) is 4. The van der Waals surface area contributed by atoms with Gasteiger partial charge in [-0.05, 0) is 65.4 Å². The van der Waals surface area contributed by atoms with E-state index in [1.165, 1.54) is 30.2 Å². The molecule has 4 rings (SSSR count). The van der Waals surface area contributed by atoms with E-state index in [1.807, 2.05) is 24.3 Å². The molecule has 1 saturated heterocycles. The van der Waals surface area contributed by atoms with Crippen molar-refractivity contribution in [3.05, 3.63) is 64.5 Å². The highest BCUT2D eigenvalue weighted by molar-refractivity contribution is 7.97. The predicted molar refractivity (Wildman–Crippen MR) is 140 cm³/mol. The second kappa shape index (κ2) is 11.4. The molecule has 1 aliphatic heterocycles. The third-order valence-corrected chi connectivity index (χ3v) is 8.64. The monoisotopic (exact) mass is 520 g/mol. The molecule has 1 amide bonds. The Bertz CT molecular complexity index is 1080. The van der Waals surface area contributed by atoms with E-state index >= 15 is 4.39 Å². The number of alkyl halides is 1. The predicted octanol–water partition coefficient (Wildman–Crippen LogP) is 6.09. The molecule has 2 fully saturated rings. The first-order valence-electron chi connectivity index (χ1n) is 11.6. The minimum atomic E-state index is -1.88. The number of piperidine rings is 1. The largest absolute Gasteiger partial charge is 0.350 e. The molecule has 1 aliphatic carbocycles. The summed E-state index contributed by atoms with van der Waals surface area (Å²) in [7, 11) is -1.08. The van der Waals surface area contributed by atoms with Crippen LogP contribution in [0.15, 0.2) is 58.8 Å². The first-order valence-corrected chi connectivity index (χ1v) is 14.4. The van der Waals surface area contributed by atoms with Crippen LogP contribution in [0.2, 0.25) is 5.02 Å². The summed E-state index contributed by atoms with van der Waals surface area (Å²) < 4.78 is 28.5. The average Bonchev–Trinajstić information content (AvgIpc) is 2.78. The zero-order chi connectivity index (χ0) is 24.1. The SMILES string of the molecule is CS(=O)/C=C\CNC(=O)C1(F)CCN(Sc2ccc(C3CCC3)cc2-c2ccccc2Cl)CC1. The molecule has 1 atom stereocenters. The number of carbonyl (C=O) groups is 1. The zero-order valence-electron chi connectivity index (χ0n) is 19.3. The molecule has 8 heteroatoms. The van der Waals surface area contributed by atoms with E-state index in [4.69, 9.17) is 11.6 Å². The van der Waals surface area contributed by atoms with E-state index in [0.29, 0.717) is 24.0 Å². The van der Waals surface area contributed by atoms with Crippen molar-refractivity contribution in [1.29, 1.82) is 0 Å². The topological polar surface area (TPSA) is 49.4 Å². The van der Waals surface area contributed by atoms with Gasteiger partial charge in [-0.2, -0.15) is 0 Å². The molecule has 1 saturated carbocycles. The first-order chi connectivity index (χ1) is 16.4. The molecular formula is C26H30ClFN2O2S2. The number of amides is 1. The van der Waals surface area contributed by atoms with Crippen LogP contribution in [0, 0.1) is 0 Å². The van der Waals surface area contributed by atoms with Crippen LogP contribution in [0.25, 0.3) is 11.1 Å². The Kier molecular flexibility index (Phi) is 8.51. The van der Waals surface area contributed by atoms with E-state index in [1.54, 1.807) is 24.3 Å². The number of nitrogens with one attached hydrogen (secondary N) is 1. The summed E-state index contributed by atoms with van der Waals surface area (Å²) in [6.07, 6.45) is 7.14. The summed E-state index contributed by atoms with van der Waals surface area (Å²) in [4.78, 5) is 13.5. The Hall–Kier alpha value is -1.67. The highest BCUT2D eigenvalue weighted by Gasteiger charge is 2.41. The van der Waals surface area contributed by atoms with Crippen LogP contribution in [0.5, 0.6) is 0 Å². The van der Waals surface area contributed by atoms with Crippen molar-refractivity contribution >= 4 is 40.3 Å². The second-order valence-corrected chi connectivity index (χ2v) is 11.7. The quantitative estimate of drug-likeness (QED) is 0.428. The van der Waals surface area contributed by atoms with Gasteiger partial charge in [0.05, 0.1) is 0 Å². The van der Waals surface area contributed by atoms with Gasteiger partial charge in [0.15, 0.2) is 5.67 Å². The third kappa shape index (κ3) is 6.11. The van der Waals surface area contributed by atoms with Gasteiger partial charge in [-0.25, -0.2) is 8.70 Å². The van der Waals surface area contributed by atoms with Crippen molar-refractivity contribution in [2.24, 2.45) is 0 Å². The van der Waals surface area contributed by atoms with Gasteiger partial charge >= 0.3 is 0 Å². The number of halogens is 2. The summed E-state index contributed by atoms with van der Waals surface area (Å²) in [6, 6.07) is 14.5. The van der Waals surface area contributed by atoms with Gasteiger partial charge in [-0.1, -0.05) is 48.4 Å². The normalized spacial score (nSPS) is 19.6. The maximum absolute atomic E-state index is 15.3. The van der Waals surface area contributed by atoms with Crippen LogP contribution in [-0.4, -0.2) is 46.0 Å². The second-order valence-electron chi connectivity index (χ2n) is 8.93. The van der Waals surface area contributed by atoms with Gasteiger partial charge in [0.1, 0.15) is 0 Å². The van der Waals surface area contributed by atoms with Gasteiger partial charge in [-0.3, -0.25) is 9.00 Å². The minimum Gasteiger partial charge on any atom is -0.350 e. The summed E-state index contributed by atoms with van der Waals surface area (Å²) in [5, 5.41) is 4.80. The van der Waals surface area contributed by atoms with E-state index in [9.17, 15) is 9.00 Å². The lowest BCUT2D eigenvalue weighted by atomic mass is 9.79. The Balaban J connectivity index is 1.44. The smallest absolute Gasteiger partial charge is 0.258 e. The summed E-state index contributed by atoms with van der Waals surface area (Å²) >= 11 is 8.17. The van der Waals surface area contributed by atoms with Gasteiger partial charge in [0, 0.05) is 65.0 Å². The Morgan fingerprint density at radius 3 is 2.62 bits per heavy atom. The van der Waals surface area contributed by atoms with Crippen molar-refractivity contribution in [3.63, 3.8) is 0 Å². The van der Waals surface area contributed by atoms with Crippen molar-refractivity contribution in [1.82, 2.24) is 9.62 Å². The maximum atomic E-state index is 15.3. The molecule has 4 nitrogen and oxygen atoms in total. The molecule has 0 bridgehead atoms. The lowest BCUT2D eigenvalue weighted by molar-refractivity contribution is -0.135. The zero-order valence-corrected chi connectivity index (χ0v) is 21.7. The summed E-state index contributed by atoms with van der Waals surface area (Å²) in [5.74, 6) is 0.0263. The first kappa shape index (κ1) is 25.4.